The van der Waals surface area contributed by atoms with Gasteiger partial charge in [0.25, 0.3) is 0 Å². The first-order valence-electron chi connectivity index (χ1n) is 12.2. The van der Waals surface area contributed by atoms with Crippen molar-refractivity contribution in [2.75, 3.05) is 24.2 Å². The lowest BCUT2D eigenvalue weighted by atomic mass is 10.1. The van der Waals surface area contributed by atoms with Gasteiger partial charge in [0.05, 0.1) is 19.1 Å². The molecule has 1 N–H and O–H groups in total. The number of para-hydroxylation sites is 1. The number of hydrogen-bond donors (Lipinski definition) is 1. The van der Waals surface area contributed by atoms with Gasteiger partial charge >= 0.3 is 0 Å². The average Bonchev–Trinajstić information content (AvgIpc) is 2.82. The van der Waals surface area contributed by atoms with Gasteiger partial charge in [0.2, 0.25) is 21.8 Å². The van der Waals surface area contributed by atoms with Crippen LogP contribution in [0.2, 0.25) is 0 Å². The molecule has 2 rings (SSSR count). The maximum Gasteiger partial charge on any atom is 0.244 e. The number of carbonyl (C=O) groups is 2. The summed E-state index contributed by atoms with van der Waals surface area (Å²) in [5.74, 6) is -0.0941. The van der Waals surface area contributed by atoms with Gasteiger partial charge in [-0.3, -0.25) is 13.9 Å². The summed E-state index contributed by atoms with van der Waals surface area (Å²) in [6, 6.07) is 11.9. The van der Waals surface area contributed by atoms with Gasteiger partial charge in [-0.05, 0) is 62.4 Å². The van der Waals surface area contributed by atoms with E-state index >= 15 is 0 Å². The molecule has 36 heavy (non-hydrogen) atoms. The van der Waals surface area contributed by atoms with Crippen molar-refractivity contribution in [2.24, 2.45) is 0 Å². The Kier molecular flexibility index (Phi) is 10.3. The van der Waals surface area contributed by atoms with Gasteiger partial charge in [-0.25, -0.2) is 8.42 Å². The van der Waals surface area contributed by atoms with Crippen LogP contribution in [0.3, 0.4) is 0 Å². The lowest BCUT2D eigenvalue weighted by Crippen LogP contribution is -2.53. The number of sulfonamides is 1. The molecule has 8 nitrogen and oxygen atoms in total. The van der Waals surface area contributed by atoms with Crippen LogP contribution in [0, 0.1) is 13.8 Å². The molecule has 0 aliphatic carbocycles. The van der Waals surface area contributed by atoms with Crippen molar-refractivity contribution in [3.8, 4) is 5.75 Å². The van der Waals surface area contributed by atoms with E-state index in [9.17, 15) is 18.0 Å². The summed E-state index contributed by atoms with van der Waals surface area (Å²) in [6.45, 7) is 9.06. The highest BCUT2D eigenvalue weighted by atomic mass is 32.2. The number of benzene rings is 2. The second-order valence-electron chi connectivity index (χ2n) is 9.13. The van der Waals surface area contributed by atoms with Gasteiger partial charge in [0, 0.05) is 12.6 Å². The highest BCUT2D eigenvalue weighted by molar-refractivity contribution is 7.92. The first-order chi connectivity index (χ1) is 16.9. The van der Waals surface area contributed by atoms with Crippen LogP contribution in [-0.4, -0.2) is 57.1 Å². The molecule has 0 fully saturated rings. The number of anilines is 1. The van der Waals surface area contributed by atoms with Gasteiger partial charge < -0.3 is 15.0 Å². The van der Waals surface area contributed by atoms with E-state index in [4.69, 9.17) is 4.74 Å². The first-order valence-corrected chi connectivity index (χ1v) is 14.0. The van der Waals surface area contributed by atoms with Gasteiger partial charge in [0.1, 0.15) is 18.3 Å². The summed E-state index contributed by atoms with van der Waals surface area (Å²) >= 11 is 0. The second-order valence-corrected chi connectivity index (χ2v) is 11.0. The Bertz CT molecular complexity index is 1150. The third-order valence-corrected chi connectivity index (χ3v) is 7.35. The predicted molar refractivity (Wildman–Crippen MR) is 144 cm³/mol. The fourth-order valence-electron chi connectivity index (χ4n) is 4.10. The molecule has 0 aliphatic rings. The third-order valence-electron chi connectivity index (χ3n) is 6.24. The molecule has 0 saturated heterocycles. The molecule has 2 amide bonds. The molecule has 0 bridgehead atoms. The number of nitrogens with zero attached hydrogens (tertiary/aromatic N) is 2. The standard InChI is InChI=1S/C27H39N3O5S/c1-8-21(5)28-27(32)24(9-2)29(17-22-14-11-15-23(16-22)35-6)25(31)18-30(36(7,33)34)26-19(3)12-10-13-20(26)4/h10-16,21,24H,8-9,17-18H2,1-7H3,(H,28,32). The van der Waals surface area contributed by atoms with E-state index in [-0.39, 0.29) is 18.5 Å². The van der Waals surface area contributed by atoms with Crippen molar-refractivity contribution in [3.05, 3.63) is 59.2 Å². The van der Waals surface area contributed by atoms with Crippen molar-refractivity contribution >= 4 is 27.5 Å². The molecule has 2 aromatic carbocycles. The molecule has 2 unspecified atom stereocenters. The zero-order valence-corrected chi connectivity index (χ0v) is 23.2. The molecular formula is C27H39N3O5S. The molecular weight excluding hydrogens is 478 g/mol. The minimum atomic E-state index is -3.79. The zero-order chi connectivity index (χ0) is 27.0. The monoisotopic (exact) mass is 517 g/mol. The number of hydrogen-bond acceptors (Lipinski definition) is 5. The SMILES string of the molecule is CCC(C)NC(=O)C(CC)N(Cc1cccc(OC)c1)C(=O)CN(c1c(C)cccc1C)S(C)(=O)=O. The third kappa shape index (κ3) is 7.46. The molecule has 0 aromatic heterocycles. The van der Waals surface area contributed by atoms with Crippen LogP contribution in [0.1, 0.15) is 50.3 Å². The number of aryl methyl sites for hydroxylation is 2. The van der Waals surface area contributed by atoms with Crippen molar-refractivity contribution in [3.63, 3.8) is 0 Å². The van der Waals surface area contributed by atoms with Crippen LogP contribution in [0.15, 0.2) is 42.5 Å². The molecule has 0 aliphatic heterocycles. The number of ether oxygens (including phenoxy) is 1. The highest BCUT2D eigenvalue weighted by Gasteiger charge is 2.32. The lowest BCUT2D eigenvalue weighted by Gasteiger charge is -2.34. The Balaban J connectivity index is 2.51. The Morgan fingerprint density at radius 2 is 1.64 bits per heavy atom. The van der Waals surface area contributed by atoms with E-state index in [1.165, 1.54) is 4.90 Å². The topological polar surface area (TPSA) is 96.0 Å². The zero-order valence-electron chi connectivity index (χ0n) is 22.4. The normalized spacial score (nSPS) is 13.0. The summed E-state index contributed by atoms with van der Waals surface area (Å²) < 4.78 is 32.2. The van der Waals surface area contributed by atoms with Gasteiger partial charge in [-0.2, -0.15) is 0 Å². The molecule has 0 saturated carbocycles. The minimum Gasteiger partial charge on any atom is -0.497 e. The van der Waals surface area contributed by atoms with Crippen LogP contribution < -0.4 is 14.4 Å². The van der Waals surface area contributed by atoms with Crippen LogP contribution >= 0.6 is 0 Å². The Morgan fingerprint density at radius 3 is 2.17 bits per heavy atom. The first kappa shape index (κ1) is 29.2. The lowest BCUT2D eigenvalue weighted by molar-refractivity contribution is -0.140. The fraction of sp³-hybridized carbons (Fsp3) is 0.481. The van der Waals surface area contributed by atoms with E-state index in [2.05, 4.69) is 5.32 Å². The molecule has 9 heteroatoms. The predicted octanol–water partition coefficient (Wildman–Crippen LogP) is 3.80. The van der Waals surface area contributed by atoms with Crippen molar-refractivity contribution in [1.82, 2.24) is 10.2 Å². The van der Waals surface area contributed by atoms with Crippen LogP contribution in [0.25, 0.3) is 0 Å². The Hall–Kier alpha value is -3.07. The number of methoxy groups -OCH3 is 1. The van der Waals surface area contributed by atoms with Crippen molar-refractivity contribution in [1.29, 1.82) is 0 Å². The van der Waals surface area contributed by atoms with Crippen LogP contribution in [0.4, 0.5) is 5.69 Å². The number of rotatable bonds is 12. The Morgan fingerprint density at radius 1 is 1.03 bits per heavy atom. The molecule has 2 aromatic rings. The van der Waals surface area contributed by atoms with Gasteiger partial charge in [-0.15, -0.1) is 0 Å². The van der Waals surface area contributed by atoms with Crippen molar-refractivity contribution < 1.29 is 22.7 Å². The second kappa shape index (κ2) is 12.8. The average molecular weight is 518 g/mol. The molecule has 0 heterocycles. The van der Waals surface area contributed by atoms with Gasteiger partial charge in [-0.1, -0.05) is 44.2 Å². The number of carbonyl (C=O) groups excluding carboxylic acids is 2. The van der Waals surface area contributed by atoms with Crippen molar-refractivity contribution in [2.45, 2.75) is 66.1 Å². The number of nitrogens with one attached hydrogen (secondary N) is 1. The number of amides is 2. The van der Waals surface area contributed by atoms with E-state index in [1.54, 1.807) is 19.2 Å². The quantitative estimate of drug-likeness (QED) is 0.462. The van der Waals surface area contributed by atoms with Gasteiger partial charge in [0.15, 0.2) is 0 Å². The maximum absolute atomic E-state index is 13.8. The summed E-state index contributed by atoms with van der Waals surface area (Å²) in [6.07, 6.45) is 2.21. The van der Waals surface area contributed by atoms with E-state index in [1.807, 2.05) is 65.0 Å². The van der Waals surface area contributed by atoms with E-state index < -0.39 is 28.5 Å². The van der Waals surface area contributed by atoms with E-state index in [0.29, 0.717) is 17.9 Å². The molecule has 2 atom stereocenters. The summed E-state index contributed by atoms with van der Waals surface area (Å²) in [5, 5.41) is 2.97. The summed E-state index contributed by atoms with van der Waals surface area (Å²) in [7, 11) is -2.22. The summed E-state index contributed by atoms with van der Waals surface area (Å²) in [4.78, 5) is 28.5. The largest absolute Gasteiger partial charge is 0.497 e. The minimum absolute atomic E-state index is 0.0533. The fourth-order valence-corrected chi connectivity index (χ4v) is 5.07. The summed E-state index contributed by atoms with van der Waals surface area (Å²) in [5.41, 5.74) is 2.74. The van der Waals surface area contributed by atoms with Crippen LogP contribution in [-0.2, 0) is 26.2 Å². The smallest absolute Gasteiger partial charge is 0.244 e. The highest BCUT2D eigenvalue weighted by Crippen LogP contribution is 2.27. The molecule has 198 valence electrons. The Labute approximate surface area is 215 Å². The molecule has 0 spiro atoms. The molecule has 0 radical (unpaired) electrons. The van der Waals surface area contributed by atoms with Crippen LogP contribution in [0.5, 0.6) is 5.75 Å². The van der Waals surface area contributed by atoms with E-state index in [0.717, 1.165) is 33.7 Å². The maximum atomic E-state index is 13.8.